The lowest BCUT2D eigenvalue weighted by Crippen LogP contribution is -2.37. The average Bonchev–Trinajstić information content (AvgIpc) is 2.21. The van der Waals surface area contributed by atoms with Gasteiger partial charge in [0.15, 0.2) is 0 Å². The topological polar surface area (TPSA) is 58.4 Å². The van der Waals surface area contributed by atoms with Gasteiger partial charge >= 0.3 is 0 Å². The van der Waals surface area contributed by atoms with Gasteiger partial charge in [-0.05, 0) is 37.9 Å². The first kappa shape index (κ1) is 15.2. The Morgan fingerprint density at radius 1 is 1.33 bits per heavy atom. The first-order valence-electron chi connectivity index (χ1n) is 5.53. The molecule has 0 heterocycles. The highest BCUT2D eigenvalue weighted by molar-refractivity contribution is 6.34. The van der Waals surface area contributed by atoms with Gasteiger partial charge in [0.2, 0.25) is 5.91 Å². The molecule has 1 unspecified atom stereocenters. The lowest BCUT2D eigenvalue weighted by molar-refractivity contribution is -0.120. The van der Waals surface area contributed by atoms with Crippen molar-refractivity contribution in [2.75, 3.05) is 27.2 Å². The van der Waals surface area contributed by atoms with Crippen molar-refractivity contribution in [2.24, 2.45) is 5.73 Å². The fraction of sp³-hybridized carbons (Fsp3) is 0.417. The second kappa shape index (κ2) is 6.95. The second-order valence-electron chi connectivity index (χ2n) is 4.30. The van der Waals surface area contributed by atoms with E-state index in [9.17, 15) is 4.79 Å². The summed E-state index contributed by atoms with van der Waals surface area (Å²) in [7, 11) is 3.91. The molecule has 1 aromatic rings. The van der Waals surface area contributed by atoms with Gasteiger partial charge in [-0.2, -0.15) is 0 Å². The quantitative estimate of drug-likeness (QED) is 0.838. The number of nitrogens with one attached hydrogen (secondary N) is 1. The number of likely N-dealkylation sites (N-methyl/N-ethyl adjacent to an activating group) is 1. The number of halogens is 2. The number of hydrogen-bond acceptors (Lipinski definition) is 3. The molecular weight excluding hydrogens is 273 g/mol. The minimum absolute atomic E-state index is 0.452. The number of hydrogen-bond donors (Lipinski definition) is 2. The number of nitrogens with two attached hydrogens (primary N) is 1. The monoisotopic (exact) mass is 289 g/mol. The molecule has 0 aliphatic carbocycles. The Kier molecular flexibility index (Phi) is 5.88. The zero-order chi connectivity index (χ0) is 13.7. The van der Waals surface area contributed by atoms with Crippen LogP contribution in [-0.2, 0) is 4.79 Å². The standard InChI is InChI=1S/C12H17Cl2N3O/c1-17(2)4-3-16-11(12(15)18)8-5-9(13)7-10(14)6-8/h5-7,11,16H,3-4H2,1-2H3,(H2,15,18). The molecule has 0 aromatic heterocycles. The molecule has 0 fully saturated rings. The maximum Gasteiger partial charge on any atom is 0.239 e. The zero-order valence-corrected chi connectivity index (χ0v) is 11.9. The van der Waals surface area contributed by atoms with E-state index < -0.39 is 11.9 Å². The maximum atomic E-state index is 11.5. The van der Waals surface area contributed by atoms with E-state index in [2.05, 4.69) is 5.32 Å². The normalized spacial score (nSPS) is 12.7. The van der Waals surface area contributed by atoms with Gasteiger partial charge in [0.05, 0.1) is 0 Å². The molecule has 0 saturated carbocycles. The first-order valence-corrected chi connectivity index (χ1v) is 6.29. The molecule has 0 saturated heterocycles. The number of nitrogens with zero attached hydrogens (tertiary/aromatic N) is 1. The van der Waals surface area contributed by atoms with E-state index in [1.54, 1.807) is 18.2 Å². The minimum atomic E-state index is -0.582. The molecule has 1 amide bonds. The molecule has 0 radical (unpaired) electrons. The van der Waals surface area contributed by atoms with Gasteiger partial charge in [0.25, 0.3) is 0 Å². The largest absolute Gasteiger partial charge is 0.368 e. The number of primary amides is 1. The lowest BCUT2D eigenvalue weighted by Gasteiger charge is -2.18. The van der Waals surface area contributed by atoms with Gasteiger partial charge in [0.1, 0.15) is 6.04 Å². The first-order chi connectivity index (χ1) is 8.40. The van der Waals surface area contributed by atoms with Gasteiger partial charge < -0.3 is 16.0 Å². The summed E-state index contributed by atoms with van der Waals surface area (Å²) in [4.78, 5) is 13.5. The van der Waals surface area contributed by atoms with Gasteiger partial charge in [-0.3, -0.25) is 4.79 Å². The van der Waals surface area contributed by atoms with Crippen LogP contribution in [0.5, 0.6) is 0 Å². The summed E-state index contributed by atoms with van der Waals surface area (Å²) in [5.41, 5.74) is 6.06. The van der Waals surface area contributed by atoms with Crippen LogP contribution in [0.15, 0.2) is 18.2 Å². The van der Waals surface area contributed by atoms with Gasteiger partial charge in [-0.25, -0.2) is 0 Å². The van der Waals surface area contributed by atoms with E-state index in [0.29, 0.717) is 22.2 Å². The summed E-state index contributed by atoms with van der Waals surface area (Å²) in [6.07, 6.45) is 0. The predicted octanol–water partition coefficient (Wildman–Crippen LogP) is 1.67. The van der Waals surface area contributed by atoms with Crippen LogP contribution < -0.4 is 11.1 Å². The molecule has 6 heteroatoms. The van der Waals surface area contributed by atoms with Crippen LogP contribution in [0.2, 0.25) is 10.0 Å². The van der Waals surface area contributed by atoms with Gasteiger partial charge in [-0.1, -0.05) is 23.2 Å². The molecule has 0 aliphatic heterocycles. The highest BCUT2D eigenvalue weighted by Crippen LogP contribution is 2.23. The van der Waals surface area contributed by atoms with E-state index in [1.165, 1.54) is 0 Å². The average molecular weight is 290 g/mol. The molecule has 1 rings (SSSR count). The number of rotatable bonds is 6. The predicted molar refractivity (Wildman–Crippen MR) is 75.0 cm³/mol. The van der Waals surface area contributed by atoms with Crippen molar-refractivity contribution >= 4 is 29.1 Å². The Morgan fingerprint density at radius 3 is 2.33 bits per heavy atom. The summed E-state index contributed by atoms with van der Waals surface area (Å²) in [5, 5.41) is 4.06. The number of benzene rings is 1. The summed E-state index contributed by atoms with van der Waals surface area (Å²) in [5.74, 6) is -0.452. The van der Waals surface area contributed by atoms with Crippen LogP contribution in [-0.4, -0.2) is 38.0 Å². The fourth-order valence-electron chi connectivity index (χ4n) is 1.56. The Labute approximate surface area is 117 Å². The van der Waals surface area contributed by atoms with E-state index in [-0.39, 0.29) is 0 Å². The van der Waals surface area contributed by atoms with Crippen LogP contribution in [0.1, 0.15) is 11.6 Å². The van der Waals surface area contributed by atoms with Gasteiger partial charge in [0, 0.05) is 23.1 Å². The molecule has 0 spiro atoms. The third-order valence-corrected chi connectivity index (χ3v) is 2.85. The van der Waals surface area contributed by atoms with Crippen LogP contribution >= 0.6 is 23.2 Å². The number of amides is 1. The zero-order valence-electron chi connectivity index (χ0n) is 10.4. The van der Waals surface area contributed by atoms with Crippen molar-refractivity contribution in [3.05, 3.63) is 33.8 Å². The van der Waals surface area contributed by atoms with Crippen molar-refractivity contribution in [1.82, 2.24) is 10.2 Å². The van der Waals surface area contributed by atoms with Crippen molar-refractivity contribution in [2.45, 2.75) is 6.04 Å². The molecule has 0 aliphatic rings. The minimum Gasteiger partial charge on any atom is -0.368 e. The molecule has 4 nitrogen and oxygen atoms in total. The number of carbonyl (C=O) groups is 1. The summed E-state index contributed by atoms with van der Waals surface area (Å²) >= 11 is 11.8. The number of carbonyl (C=O) groups excluding carboxylic acids is 1. The summed E-state index contributed by atoms with van der Waals surface area (Å²) < 4.78 is 0. The van der Waals surface area contributed by atoms with Crippen molar-refractivity contribution in [3.8, 4) is 0 Å². The molecule has 3 N–H and O–H groups in total. The van der Waals surface area contributed by atoms with Crippen molar-refractivity contribution in [3.63, 3.8) is 0 Å². The molecule has 0 bridgehead atoms. The van der Waals surface area contributed by atoms with E-state index in [4.69, 9.17) is 28.9 Å². The molecular formula is C12H17Cl2N3O. The van der Waals surface area contributed by atoms with Crippen LogP contribution in [0.3, 0.4) is 0 Å². The van der Waals surface area contributed by atoms with Crippen molar-refractivity contribution in [1.29, 1.82) is 0 Å². The van der Waals surface area contributed by atoms with E-state index in [1.807, 2.05) is 19.0 Å². The summed E-state index contributed by atoms with van der Waals surface area (Å²) in [6.45, 7) is 1.45. The fourth-order valence-corrected chi connectivity index (χ4v) is 2.10. The maximum absolute atomic E-state index is 11.5. The smallest absolute Gasteiger partial charge is 0.239 e. The van der Waals surface area contributed by atoms with Crippen molar-refractivity contribution < 1.29 is 4.79 Å². The van der Waals surface area contributed by atoms with Crippen LogP contribution in [0, 0.1) is 0 Å². The van der Waals surface area contributed by atoms with E-state index in [0.717, 1.165) is 6.54 Å². The third-order valence-electron chi connectivity index (χ3n) is 2.41. The van der Waals surface area contributed by atoms with Crippen LogP contribution in [0.4, 0.5) is 0 Å². The third kappa shape index (κ3) is 4.82. The second-order valence-corrected chi connectivity index (χ2v) is 5.17. The highest BCUT2D eigenvalue weighted by Gasteiger charge is 2.17. The lowest BCUT2D eigenvalue weighted by atomic mass is 10.1. The Balaban J connectivity index is 2.80. The molecule has 18 heavy (non-hydrogen) atoms. The highest BCUT2D eigenvalue weighted by atomic mass is 35.5. The van der Waals surface area contributed by atoms with Gasteiger partial charge in [-0.15, -0.1) is 0 Å². The van der Waals surface area contributed by atoms with Crippen LogP contribution in [0.25, 0.3) is 0 Å². The van der Waals surface area contributed by atoms with E-state index >= 15 is 0 Å². The molecule has 1 atom stereocenters. The Bertz CT molecular complexity index is 404. The Morgan fingerprint density at radius 2 is 1.89 bits per heavy atom. The Hall–Kier alpha value is -0.810. The SMILES string of the molecule is CN(C)CCNC(C(N)=O)c1cc(Cl)cc(Cl)c1. The summed E-state index contributed by atoms with van der Waals surface area (Å²) in [6, 6.07) is 4.41. The molecule has 100 valence electrons. The molecule has 1 aromatic carbocycles.